The van der Waals surface area contributed by atoms with Gasteiger partial charge < -0.3 is 15.2 Å². The van der Waals surface area contributed by atoms with Crippen LogP contribution in [0.1, 0.15) is 50.2 Å². The molecule has 1 aliphatic carbocycles. The fourth-order valence-corrected chi connectivity index (χ4v) is 5.72. The molecule has 2 N–H and O–H groups in total. The largest absolute Gasteiger partial charge is 0.489 e. The summed E-state index contributed by atoms with van der Waals surface area (Å²) in [6.07, 6.45) is 6.72. The number of nitrogens with two attached hydrogens (primary N) is 1. The van der Waals surface area contributed by atoms with Crippen LogP contribution in [0.15, 0.2) is 85.1 Å². The van der Waals surface area contributed by atoms with Crippen molar-refractivity contribution >= 4 is 22.4 Å². The average molecular weight is 501 g/mol. The number of aromatic nitrogens is 1. The van der Waals surface area contributed by atoms with Crippen LogP contribution in [0.3, 0.4) is 0 Å². The SMILES string of the molecule is CC[C@H](N)[C@]1(c2ccccc2)CC[C@H](Oc2cc3ccnc(OCc4ccccc4)c3cc2Cl)CC1. The van der Waals surface area contributed by atoms with Crippen LogP contribution in [0.2, 0.25) is 5.02 Å². The minimum absolute atomic E-state index is 0.000285. The van der Waals surface area contributed by atoms with Crippen LogP contribution in [-0.4, -0.2) is 17.1 Å². The quantitative estimate of drug-likeness (QED) is 0.272. The van der Waals surface area contributed by atoms with Crippen molar-refractivity contribution in [1.82, 2.24) is 4.98 Å². The van der Waals surface area contributed by atoms with Crippen LogP contribution in [0.25, 0.3) is 10.8 Å². The summed E-state index contributed by atoms with van der Waals surface area (Å²) in [5.74, 6) is 1.28. The van der Waals surface area contributed by atoms with E-state index in [9.17, 15) is 0 Å². The Kier molecular flexibility index (Phi) is 7.45. The van der Waals surface area contributed by atoms with Crippen molar-refractivity contribution in [2.24, 2.45) is 5.73 Å². The number of hydrogen-bond donors (Lipinski definition) is 1. The highest BCUT2D eigenvalue weighted by molar-refractivity contribution is 6.33. The van der Waals surface area contributed by atoms with E-state index < -0.39 is 0 Å². The average Bonchev–Trinajstić information content (AvgIpc) is 2.93. The number of pyridine rings is 1. The predicted molar refractivity (Wildman–Crippen MR) is 147 cm³/mol. The van der Waals surface area contributed by atoms with Gasteiger partial charge >= 0.3 is 0 Å². The van der Waals surface area contributed by atoms with E-state index in [4.69, 9.17) is 26.8 Å². The van der Waals surface area contributed by atoms with Crippen molar-refractivity contribution in [3.05, 3.63) is 101 Å². The number of halogens is 1. The monoisotopic (exact) mass is 500 g/mol. The molecule has 5 rings (SSSR count). The zero-order chi connectivity index (χ0) is 25.0. The summed E-state index contributed by atoms with van der Waals surface area (Å²) in [7, 11) is 0. The lowest BCUT2D eigenvalue weighted by Gasteiger charge is -2.44. The number of ether oxygens (including phenoxy) is 2. The first-order valence-corrected chi connectivity index (χ1v) is 13.2. The van der Waals surface area contributed by atoms with E-state index in [1.807, 2.05) is 48.5 Å². The maximum atomic E-state index is 6.71. The van der Waals surface area contributed by atoms with Gasteiger partial charge in [0, 0.05) is 23.0 Å². The third-order valence-electron chi connectivity index (χ3n) is 7.62. The molecule has 0 bridgehead atoms. The van der Waals surface area contributed by atoms with Crippen LogP contribution >= 0.6 is 11.6 Å². The summed E-state index contributed by atoms with van der Waals surface area (Å²) in [5, 5.41) is 2.45. The van der Waals surface area contributed by atoms with Crippen LogP contribution in [0, 0.1) is 0 Å². The molecule has 4 nitrogen and oxygen atoms in total. The molecule has 3 aromatic carbocycles. The maximum absolute atomic E-state index is 6.71. The highest BCUT2D eigenvalue weighted by Gasteiger charge is 2.41. The van der Waals surface area contributed by atoms with Crippen molar-refractivity contribution in [1.29, 1.82) is 0 Å². The van der Waals surface area contributed by atoms with Gasteiger partial charge in [-0.1, -0.05) is 79.2 Å². The van der Waals surface area contributed by atoms with Crippen molar-refractivity contribution in [2.75, 3.05) is 0 Å². The first-order valence-electron chi connectivity index (χ1n) is 12.8. The highest BCUT2D eigenvalue weighted by Crippen LogP contribution is 2.44. The van der Waals surface area contributed by atoms with Gasteiger partial charge in [-0.2, -0.15) is 0 Å². The molecule has 0 spiro atoms. The lowest BCUT2D eigenvalue weighted by Crippen LogP contribution is -2.48. The molecule has 1 saturated carbocycles. The summed E-state index contributed by atoms with van der Waals surface area (Å²) in [5.41, 5.74) is 9.13. The molecule has 1 fully saturated rings. The van der Waals surface area contributed by atoms with E-state index in [-0.39, 0.29) is 17.6 Å². The third kappa shape index (κ3) is 5.07. The van der Waals surface area contributed by atoms with Gasteiger partial charge in [-0.15, -0.1) is 0 Å². The minimum atomic E-state index is -0.000285. The van der Waals surface area contributed by atoms with E-state index in [1.54, 1.807) is 6.20 Å². The topological polar surface area (TPSA) is 57.4 Å². The number of nitrogens with zero attached hydrogens (tertiary/aromatic N) is 1. The van der Waals surface area contributed by atoms with E-state index in [1.165, 1.54) is 5.56 Å². The molecule has 0 amide bonds. The lowest BCUT2D eigenvalue weighted by atomic mass is 9.64. The van der Waals surface area contributed by atoms with Crippen molar-refractivity contribution in [3.63, 3.8) is 0 Å². The second kappa shape index (κ2) is 10.9. The van der Waals surface area contributed by atoms with Gasteiger partial charge in [-0.3, -0.25) is 0 Å². The molecular formula is C31H33ClN2O2. The molecular weight excluding hydrogens is 468 g/mol. The Morgan fingerprint density at radius 3 is 2.39 bits per heavy atom. The molecule has 0 saturated heterocycles. The van der Waals surface area contributed by atoms with Crippen LogP contribution in [0.5, 0.6) is 11.6 Å². The smallest absolute Gasteiger partial charge is 0.221 e. The number of fused-ring (bicyclic) bond motifs is 1. The molecule has 1 atom stereocenters. The zero-order valence-corrected chi connectivity index (χ0v) is 21.5. The summed E-state index contributed by atoms with van der Waals surface area (Å²) >= 11 is 6.71. The predicted octanol–water partition coefficient (Wildman–Crippen LogP) is 7.46. The number of benzene rings is 3. The third-order valence-corrected chi connectivity index (χ3v) is 7.91. The molecule has 1 heterocycles. The summed E-state index contributed by atoms with van der Waals surface area (Å²) in [6.45, 7) is 2.63. The van der Waals surface area contributed by atoms with Crippen LogP contribution in [0.4, 0.5) is 0 Å². The second-order valence-corrected chi connectivity index (χ2v) is 10.2. The van der Waals surface area contributed by atoms with E-state index in [0.717, 1.165) is 48.4 Å². The molecule has 5 heteroatoms. The molecule has 4 aromatic rings. The second-order valence-electron chi connectivity index (χ2n) is 9.75. The first-order chi connectivity index (χ1) is 17.6. The molecule has 1 aromatic heterocycles. The van der Waals surface area contributed by atoms with E-state index >= 15 is 0 Å². The first kappa shape index (κ1) is 24.6. The standard InChI is InChI=1S/C31H33ClN2O2/c1-2-29(33)31(24-11-7-4-8-12-24)16-13-25(14-17-31)36-28-19-23-15-18-34-30(26(23)20-27(28)32)35-21-22-9-5-3-6-10-22/h3-12,15,18-20,25,29H,2,13-14,16-17,21,33H2,1H3/t25-,29-,31+/m0/s1. The maximum Gasteiger partial charge on any atom is 0.221 e. The van der Waals surface area contributed by atoms with Gasteiger partial charge in [-0.25, -0.2) is 4.98 Å². The van der Waals surface area contributed by atoms with Gasteiger partial charge in [0.15, 0.2) is 0 Å². The van der Waals surface area contributed by atoms with Gasteiger partial charge in [0.1, 0.15) is 12.4 Å². The Balaban J connectivity index is 1.31. The van der Waals surface area contributed by atoms with Crippen molar-refractivity contribution < 1.29 is 9.47 Å². The minimum Gasteiger partial charge on any atom is -0.489 e. The van der Waals surface area contributed by atoms with Gasteiger partial charge in [0.2, 0.25) is 5.88 Å². The molecule has 0 unspecified atom stereocenters. The molecule has 36 heavy (non-hydrogen) atoms. The molecule has 186 valence electrons. The lowest BCUT2D eigenvalue weighted by molar-refractivity contribution is 0.104. The fraction of sp³-hybridized carbons (Fsp3) is 0.323. The van der Waals surface area contributed by atoms with Crippen LogP contribution < -0.4 is 15.2 Å². The normalized spacial score (nSPS) is 20.7. The van der Waals surface area contributed by atoms with E-state index in [0.29, 0.717) is 23.3 Å². The molecule has 0 aliphatic heterocycles. The summed E-state index contributed by atoms with van der Waals surface area (Å²) in [6, 6.07) is 26.8. The summed E-state index contributed by atoms with van der Waals surface area (Å²) in [4.78, 5) is 4.44. The fourth-order valence-electron chi connectivity index (χ4n) is 5.52. The highest BCUT2D eigenvalue weighted by atomic mass is 35.5. The molecule has 1 aliphatic rings. The Morgan fingerprint density at radius 2 is 1.69 bits per heavy atom. The van der Waals surface area contributed by atoms with Crippen LogP contribution in [-0.2, 0) is 12.0 Å². The Morgan fingerprint density at radius 1 is 1.00 bits per heavy atom. The summed E-state index contributed by atoms with van der Waals surface area (Å²) < 4.78 is 12.5. The number of hydrogen-bond acceptors (Lipinski definition) is 4. The van der Waals surface area contributed by atoms with Gasteiger partial charge in [-0.05, 0) is 66.8 Å². The van der Waals surface area contributed by atoms with Gasteiger partial charge in [0.25, 0.3) is 0 Å². The van der Waals surface area contributed by atoms with E-state index in [2.05, 4.69) is 42.2 Å². The Labute approximate surface area is 218 Å². The zero-order valence-electron chi connectivity index (χ0n) is 20.7. The van der Waals surface area contributed by atoms with Crippen molar-refractivity contribution in [2.45, 2.75) is 63.2 Å². The van der Waals surface area contributed by atoms with Crippen molar-refractivity contribution in [3.8, 4) is 11.6 Å². The Bertz CT molecular complexity index is 1290. The molecule has 0 radical (unpaired) electrons. The Hall–Kier alpha value is -3.08. The van der Waals surface area contributed by atoms with Gasteiger partial charge in [0.05, 0.1) is 11.1 Å². The number of rotatable bonds is 8.